The van der Waals surface area contributed by atoms with E-state index in [9.17, 15) is 3.83 Å². The molecule has 0 amide bonds. The summed E-state index contributed by atoms with van der Waals surface area (Å²) in [6, 6.07) is 0. The molecule has 1 heterocycles. The van der Waals surface area contributed by atoms with E-state index >= 15 is 0 Å². The number of hydrogen-bond donors (Lipinski definition) is 0. The average molecular weight is 161 g/mol. The minimum atomic E-state index is -1.50. The van der Waals surface area contributed by atoms with Crippen LogP contribution in [0.5, 0.6) is 0 Å². The zero-order valence-electron chi connectivity index (χ0n) is 3.83. The van der Waals surface area contributed by atoms with Crippen LogP contribution >= 0.6 is 0 Å². The van der Waals surface area contributed by atoms with Crippen LogP contribution < -0.4 is 0 Å². The summed E-state index contributed by atoms with van der Waals surface area (Å²) < 4.78 is 10.5. The van der Waals surface area contributed by atoms with Crippen LogP contribution in [-0.2, 0) is 3.83 Å². The topological polar surface area (TPSA) is 17.1 Å². The summed E-state index contributed by atoms with van der Waals surface area (Å²) >= 11 is -1.50. The Morgan fingerprint density at radius 3 is 2.57 bits per heavy atom. The molecular formula is C5H6OSe. The predicted octanol–water partition coefficient (Wildman–Crippen LogP) is 1.07. The molecule has 0 aliphatic carbocycles. The summed E-state index contributed by atoms with van der Waals surface area (Å²) in [7, 11) is 0. The Morgan fingerprint density at radius 2 is 2.29 bits per heavy atom. The molecule has 1 nitrogen and oxygen atoms in total. The third-order valence-corrected chi connectivity index (χ3v) is 2.80. The van der Waals surface area contributed by atoms with Crippen molar-refractivity contribution in [2.75, 3.05) is 0 Å². The average Bonchev–Trinajstić information content (AvgIpc) is 1.69. The van der Waals surface area contributed by atoms with Crippen LogP contribution in [0.3, 0.4) is 0 Å². The fraction of sp³-hybridized carbons (Fsp3) is 0.200. The first-order chi connectivity index (χ1) is 3.39. The first-order valence-corrected chi connectivity index (χ1v) is 5.00. The van der Waals surface area contributed by atoms with Crippen LogP contribution in [0.15, 0.2) is 23.2 Å². The number of rotatable bonds is 0. The minimum absolute atomic E-state index is 0.788. The fourth-order valence-electron chi connectivity index (χ4n) is 0.418. The molecule has 7 heavy (non-hydrogen) atoms. The summed E-state index contributed by atoms with van der Waals surface area (Å²) in [5.41, 5.74) is 0. The van der Waals surface area contributed by atoms with E-state index in [0.717, 1.165) is 5.32 Å². The normalized spacial score (nSPS) is 28.3. The van der Waals surface area contributed by atoms with Gasteiger partial charge < -0.3 is 0 Å². The summed E-state index contributed by atoms with van der Waals surface area (Å²) in [6.45, 7) is 0. The van der Waals surface area contributed by atoms with Crippen molar-refractivity contribution in [1.29, 1.82) is 0 Å². The third kappa shape index (κ3) is 1.38. The van der Waals surface area contributed by atoms with E-state index in [1.54, 1.807) is 4.97 Å². The van der Waals surface area contributed by atoms with Gasteiger partial charge in [0.1, 0.15) is 0 Å². The van der Waals surface area contributed by atoms with Gasteiger partial charge in [-0.1, -0.05) is 0 Å². The molecule has 1 aliphatic rings. The van der Waals surface area contributed by atoms with Gasteiger partial charge in [-0.05, 0) is 0 Å². The first-order valence-electron chi connectivity index (χ1n) is 2.10. The van der Waals surface area contributed by atoms with Crippen LogP contribution in [-0.4, -0.2) is 13.8 Å². The van der Waals surface area contributed by atoms with Gasteiger partial charge in [-0.2, -0.15) is 0 Å². The molecule has 0 saturated carbocycles. The van der Waals surface area contributed by atoms with Crippen molar-refractivity contribution in [3.05, 3.63) is 23.2 Å². The molecule has 2 heteroatoms. The summed E-state index contributed by atoms with van der Waals surface area (Å²) in [6.07, 6.45) is 5.72. The number of hydrogen-bond acceptors (Lipinski definition) is 1. The van der Waals surface area contributed by atoms with Crippen molar-refractivity contribution in [3.63, 3.8) is 0 Å². The maximum atomic E-state index is 10.5. The predicted molar refractivity (Wildman–Crippen MR) is 29.5 cm³/mol. The molecule has 0 spiro atoms. The van der Waals surface area contributed by atoms with E-state index in [1.807, 2.05) is 18.2 Å². The van der Waals surface area contributed by atoms with Crippen molar-refractivity contribution in [1.82, 2.24) is 0 Å². The Bertz CT molecular complexity index is 135. The van der Waals surface area contributed by atoms with Gasteiger partial charge in [-0.3, -0.25) is 0 Å². The first kappa shape index (κ1) is 4.95. The molecule has 1 unspecified atom stereocenters. The van der Waals surface area contributed by atoms with Crippen LogP contribution in [0, 0.1) is 0 Å². The van der Waals surface area contributed by atoms with Gasteiger partial charge in [0.15, 0.2) is 0 Å². The molecule has 0 N–H and O–H groups in total. The van der Waals surface area contributed by atoms with Crippen molar-refractivity contribution in [3.8, 4) is 0 Å². The van der Waals surface area contributed by atoms with Gasteiger partial charge in [-0.15, -0.1) is 0 Å². The molecule has 0 aromatic rings. The van der Waals surface area contributed by atoms with Crippen molar-refractivity contribution < 1.29 is 3.83 Å². The monoisotopic (exact) mass is 162 g/mol. The van der Waals surface area contributed by atoms with E-state index in [1.165, 1.54) is 0 Å². The molecule has 0 fully saturated rings. The van der Waals surface area contributed by atoms with Gasteiger partial charge in [0.25, 0.3) is 0 Å². The van der Waals surface area contributed by atoms with Gasteiger partial charge in [-0.25, -0.2) is 0 Å². The Hall–Kier alpha value is -0.201. The summed E-state index contributed by atoms with van der Waals surface area (Å²) in [5.74, 6) is 0. The Morgan fingerprint density at radius 1 is 1.43 bits per heavy atom. The van der Waals surface area contributed by atoms with Crippen LogP contribution in [0.1, 0.15) is 0 Å². The molecular weight excluding hydrogens is 155 g/mol. The SMILES string of the molecule is O=[Se]1C=CC=CC1. The van der Waals surface area contributed by atoms with E-state index in [4.69, 9.17) is 0 Å². The molecule has 0 bridgehead atoms. The van der Waals surface area contributed by atoms with E-state index < -0.39 is 13.8 Å². The van der Waals surface area contributed by atoms with E-state index in [2.05, 4.69) is 0 Å². The molecule has 0 radical (unpaired) electrons. The molecule has 1 atom stereocenters. The Balaban J connectivity index is 2.66. The summed E-state index contributed by atoms with van der Waals surface area (Å²) in [4.78, 5) is 1.79. The van der Waals surface area contributed by atoms with Gasteiger partial charge in [0.2, 0.25) is 0 Å². The maximum absolute atomic E-state index is 10.5. The van der Waals surface area contributed by atoms with Crippen LogP contribution in [0.2, 0.25) is 5.32 Å². The Kier molecular flexibility index (Phi) is 1.55. The molecule has 0 aromatic heterocycles. The molecule has 38 valence electrons. The van der Waals surface area contributed by atoms with Crippen molar-refractivity contribution in [2.45, 2.75) is 5.32 Å². The quantitative estimate of drug-likeness (QED) is 0.485. The van der Waals surface area contributed by atoms with E-state index in [-0.39, 0.29) is 0 Å². The van der Waals surface area contributed by atoms with Gasteiger partial charge in [0, 0.05) is 0 Å². The van der Waals surface area contributed by atoms with Gasteiger partial charge in [0.05, 0.1) is 0 Å². The second-order valence-corrected chi connectivity index (χ2v) is 4.17. The van der Waals surface area contributed by atoms with Crippen LogP contribution in [0.25, 0.3) is 0 Å². The Labute approximate surface area is 46.8 Å². The molecule has 1 rings (SSSR count). The molecule has 0 saturated heterocycles. The fourth-order valence-corrected chi connectivity index (χ4v) is 1.84. The van der Waals surface area contributed by atoms with Crippen LogP contribution in [0.4, 0.5) is 0 Å². The zero-order chi connectivity index (χ0) is 5.11. The van der Waals surface area contributed by atoms with E-state index in [0.29, 0.717) is 0 Å². The third-order valence-electron chi connectivity index (χ3n) is 0.738. The zero-order valence-corrected chi connectivity index (χ0v) is 5.55. The number of allylic oxidation sites excluding steroid dienone is 3. The summed E-state index contributed by atoms with van der Waals surface area (Å²) in [5, 5.41) is 0.788. The molecule has 1 aliphatic heterocycles. The van der Waals surface area contributed by atoms with Gasteiger partial charge >= 0.3 is 46.2 Å². The van der Waals surface area contributed by atoms with Crippen molar-refractivity contribution in [2.24, 2.45) is 0 Å². The second-order valence-electron chi connectivity index (χ2n) is 1.30. The second kappa shape index (κ2) is 2.20. The van der Waals surface area contributed by atoms with Crippen molar-refractivity contribution >= 4 is 13.8 Å². The molecule has 0 aromatic carbocycles. The standard InChI is InChI=1S/C5H6OSe/c6-7-4-2-1-3-5-7/h1-4H,5H2.